The summed E-state index contributed by atoms with van der Waals surface area (Å²) in [6, 6.07) is 25.1. The van der Waals surface area contributed by atoms with Gasteiger partial charge in [0.2, 0.25) is 0 Å². The van der Waals surface area contributed by atoms with E-state index in [1.807, 2.05) is 79.7 Å². The van der Waals surface area contributed by atoms with Crippen molar-refractivity contribution in [3.8, 4) is 11.8 Å². The molecule has 0 radical (unpaired) electrons. The summed E-state index contributed by atoms with van der Waals surface area (Å²) in [6.07, 6.45) is 1.85. The molecule has 0 aliphatic carbocycles. The second-order valence-corrected chi connectivity index (χ2v) is 6.53. The van der Waals surface area contributed by atoms with Crippen molar-refractivity contribution in [3.05, 3.63) is 119 Å². The highest BCUT2D eigenvalue weighted by atomic mass is 16.5. The molecule has 28 heavy (non-hydrogen) atoms. The van der Waals surface area contributed by atoms with Crippen LogP contribution < -0.4 is 0 Å². The molecule has 0 bridgehead atoms. The molecule has 0 saturated heterocycles. The third-order valence-corrected chi connectivity index (χ3v) is 4.34. The van der Waals surface area contributed by atoms with Crippen molar-refractivity contribution in [2.45, 2.75) is 19.4 Å². The lowest BCUT2D eigenvalue weighted by molar-refractivity contribution is 0.0396. The SMILES string of the molecule is C=CC(Cc1ccccc1)OC(=O)c1ccccc1C#Cc1ccc(C)cc1. The zero-order chi connectivity index (χ0) is 19.8. The fraction of sp³-hybridized carbons (Fsp3) is 0.115. The topological polar surface area (TPSA) is 26.3 Å². The molecule has 1 unspecified atom stereocenters. The van der Waals surface area contributed by atoms with E-state index in [1.54, 1.807) is 12.1 Å². The highest BCUT2D eigenvalue weighted by Gasteiger charge is 2.16. The largest absolute Gasteiger partial charge is 0.454 e. The van der Waals surface area contributed by atoms with Crippen LogP contribution in [-0.2, 0) is 11.2 Å². The van der Waals surface area contributed by atoms with Crippen molar-refractivity contribution in [3.63, 3.8) is 0 Å². The molecular formula is C26H22O2. The molecule has 0 aromatic heterocycles. The van der Waals surface area contributed by atoms with Gasteiger partial charge in [-0.05, 0) is 36.8 Å². The highest BCUT2D eigenvalue weighted by Crippen LogP contribution is 2.14. The number of hydrogen-bond donors (Lipinski definition) is 0. The van der Waals surface area contributed by atoms with E-state index in [-0.39, 0.29) is 0 Å². The van der Waals surface area contributed by atoms with Crippen LogP contribution in [0.4, 0.5) is 0 Å². The van der Waals surface area contributed by atoms with Gasteiger partial charge in [-0.15, -0.1) is 0 Å². The number of carbonyl (C=O) groups is 1. The Bertz CT molecular complexity index is 1010. The molecule has 0 N–H and O–H groups in total. The number of hydrogen-bond acceptors (Lipinski definition) is 2. The van der Waals surface area contributed by atoms with Crippen molar-refractivity contribution in [2.24, 2.45) is 0 Å². The van der Waals surface area contributed by atoms with Gasteiger partial charge >= 0.3 is 5.97 Å². The summed E-state index contributed by atoms with van der Waals surface area (Å²) in [4.78, 5) is 12.7. The highest BCUT2D eigenvalue weighted by molar-refractivity contribution is 5.92. The molecule has 0 heterocycles. The molecule has 0 saturated carbocycles. The normalized spacial score (nSPS) is 11.0. The first kappa shape index (κ1) is 19.2. The van der Waals surface area contributed by atoms with Crippen molar-refractivity contribution in [2.75, 3.05) is 0 Å². The smallest absolute Gasteiger partial charge is 0.340 e. The van der Waals surface area contributed by atoms with E-state index >= 15 is 0 Å². The molecular weight excluding hydrogens is 344 g/mol. The van der Waals surface area contributed by atoms with Crippen LogP contribution in [0.2, 0.25) is 0 Å². The lowest BCUT2D eigenvalue weighted by atomic mass is 10.1. The van der Waals surface area contributed by atoms with E-state index in [0.717, 1.165) is 11.1 Å². The van der Waals surface area contributed by atoms with Crippen LogP contribution in [0, 0.1) is 18.8 Å². The van der Waals surface area contributed by atoms with E-state index in [2.05, 4.69) is 18.4 Å². The van der Waals surface area contributed by atoms with Gasteiger partial charge < -0.3 is 4.74 Å². The Morgan fingerprint density at radius 1 is 0.964 bits per heavy atom. The van der Waals surface area contributed by atoms with Gasteiger partial charge in [-0.25, -0.2) is 4.79 Å². The van der Waals surface area contributed by atoms with E-state index in [4.69, 9.17) is 4.74 Å². The van der Waals surface area contributed by atoms with Gasteiger partial charge in [0, 0.05) is 17.5 Å². The summed E-state index contributed by atoms with van der Waals surface area (Å²) in [5.74, 6) is 5.81. The molecule has 0 aliphatic heterocycles. The van der Waals surface area contributed by atoms with Gasteiger partial charge in [-0.1, -0.05) is 84.7 Å². The molecule has 0 fully saturated rings. The average molecular weight is 366 g/mol. The van der Waals surface area contributed by atoms with Crippen LogP contribution in [-0.4, -0.2) is 12.1 Å². The quantitative estimate of drug-likeness (QED) is 0.346. The molecule has 3 rings (SSSR count). The zero-order valence-electron chi connectivity index (χ0n) is 15.9. The minimum Gasteiger partial charge on any atom is -0.454 e. The standard InChI is InChI=1S/C26H22O2/c1-3-24(19-22-9-5-4-6-10-22)28-26(27)25-12-8-7-11-23(25)18-17-21-15-13-20(2)14-16-21/h3-16,24H,1,19H2,2H3. The van der Waals surface area contributed by atoms with Crippen LogP contribution in [0.5, 0.6) is 0 Å². The van der Waals surface area contributed by atoms with E-state index in [1.165, 1.54) is 5.56 Å². The van der Waals surface area contributed by atoms with Crippen LogP contribution in [0.3, 0.4) is 0 Å². The molecule has 138 valence electrons. The summed E-state index contributed by atoms with van der Waals surface area (Å²) >= 11 is 0. The minimum atomic E-state index is -0.395. The second kappa shape index (κ2) is 9.39. The first-order valence-electron chi connectivity index (χ1n) is 9.21. The van der Waals surface area contributed by atoms with Gasteiger partial charge in [-0.2, -0.15) is 0 Å². The second-order valence-electron chi connectivity index (χ2n) is 6.53. The molecule has 0 spiro atoms. The van der Waals surface area contributed by atoms with Crippen molar-refractivity contribution in [1.29, 1.82) is 0 Å². The number of ether oxygens (including phenoxy) is 1. The Labute approximate surface area is 166 Å². The maximum absolute atomic E-state index is 12.7. The molecule has 1 atom stereocenters. The van der Waals surface area contributed by atoms with E-state index in [9.17, 15) is 4.79 Å². The van der Waals surface area contributed by atoms with Gasteiger partial charge in [0.1, 0.15) is 6.10 Å². The van der Waals surface area contributed by atoms with Gasteiger partial charge in [0.15, 0.2) is 0 Å². The Balaban J connectivity index is 1.77. The summed E-state index contributed by atoms with van der Waals surface area (Å²) in [5, 5.41) is 0. The van der Waals surface area contributed by atoms with Crippen molar-refractivity contribution < 1.29 is 9.53 Å². The Kier molecular flexibility index (Phi) is 6.44. The first-order chi connectivity index (χ1) is 13.7. The number of esters is 1. The van der Waals surface area contributed by atoms with Crippen LogP contribution in [0.1, 0.15) is 32.6 Å². The van der Waals surface area contributed by atoms with Crippen molar-refractivity contribution >= 4 is 5.97 Å². The molecule has 2 heteroatoms. The van der Waals surface area contributed by atoms with E-state index in [0.29, 0.717) is 17.5 Å². The molecule has 0 aliphatic rings. The van der Waals surface area contributed by atoms with E-state index < -0.39 is 12.1 Å². The Hall–Kier alpha value is -3.57. The summed E-state index contributed by atoms with van der Waals surface area (Å²) in [7, 11) is 0. The third-order valence-electron chi connectivity index (χ3n) is 4.34. The predicted molar refractivity (Wildman–Crippen MR) is 113 cm³/mol. The fourth-order valence-corrected chi connectivity index (χ4v) is 2.77. The Morgan fingerprint density at radius 2 is 1.64 bits per heavy atom. The fourth-order valence-electron chi connectivity index (χ4n) is 2.77. The predicted octanol–water partition coefficient (Wildman–Crippen LogP) is 5.35. The van der Waals surface area contributed by atoms with Crippen LogP contribution >= 0.6 is 0 Å². The first-order valence-corrected chi connectivity index (χ1v) is 9.21. The van der Waals surface area contributed by atoms with Gasteiger partial charge in [-0.3, -0.25) is 0 Å². The minimum absolute atomic E-state index is 0.394. The van der Waals surface area contributed by atoms with Crippen molar-refractivity contribution in [1.82, 2.24) is 0 Å². The summed E-state index contributed by atoms with van der Waals surface area (Å²) in [6.45, 7) is 5.84. The molecule has 2 nitrogen and oxygen atoms in total. The van der Waals surface area contributed by atoms with Crippen LogP contribution in [0.25, 0.3) is 0 Å². The number of aryl methyl sites for hydroxylation is 1. The van der Waals surface area contributed by atoms with Gasteiger partial charge in [0.05, 0.1) is 5.56 Å². The maximum atomic E-state index is 12.7. The summed E-state index contributed by atoms with van der Waals surface area (Å²) < 4.78 is 5.67. The molecule has 3 aromatic carbocycles. The zero-order valence-corrected chi connectivity index (χ0v) is 15.9. The molecule has 0 amide bonds. The summed E-state index contributed by atoms with van der Waals surface area (Å²) in [5.41, 5.74) is 4.29. The lowest BCUT2D eigenvalue weighted by Crippen LogP contribution is -2.19. The monoisotopic (exact) mass is 366 g/mol. The van der Waals surface area contributed by atoms with Gasteiger partial charge in [0.25, 0.3) is 0 Å². The molecule has 3 aromatic rings. The number of carbonyl (C=O) groups excluding carboxylic acids is 1. The lowest BCUT2D eigenvalue weighted by Gasteiger charge is -2.15. The van der Waals surface area contributed by atoms with Crippen LogP contribution in [0.15, 0.2) is 91.5 Å². The Morgan fingerprint density at radius 3 is 2.36 bits per heavy atom. The average Bonchev–Trinajstić information content (AvgIpc) is 2.73. The third kappa shape index (κ3) is 5.22. The number of benzene rings is 3. The maximum Gasteiger partial charge on any atom is 0.340 e. The number of rotatable bonds is 5.